The predicted octanol–water partition coefficient (Wildman–Crippen LogP) is 1.48. The predicted molar refractivity (Wildman–Crippen MR) is 60.4 cm³/mol. The molecule has 1 aromatic heterocycles. The van der Waals surface area contributed by atoms with E-state index < -0.39 is 0 Å². The summed E-state index contributed by atoms with van der Waals surface area (Å²) in [6, 6.07) is 1.61. The van der Waals surface area contributed by atoms with Crippen molar-refractivity contribution in [2.24, 2.45) is 5.16 Å². The minimum Gasteiger partial charge on any atom is -0.398 e. The summed E-state index contributed by atoms with van der Waals surface area (Å²) >= 11 is 1.51. The van der Waals surface area contributed by atoms with Gasteiger partial charge in [-0.25, -0.2) is 0 Å². The molecule has 1 aromatic rings. The van der Waals surface area contributed by atoms with Crippen molar-refractivity contribution in [1.82, 2.24) is 4.57 Å². The van der Waals surface area contributed by atoms with Crippen LogP contribution in [0.1, 0.15) is 12.5 Å². The third-order valence-corrected chi connectivity index (χ3v) is 3.43. The average Bonchev–Trinajstić information content (AvgIpc) is 2.64. The summed E-state index contributed by atoms with van der Waals surface area (Å²) in [7, 11) is 1.52. The molecule has 5 heteroatoms. The average molecular weight is 224 g/mol. The van der Waals surface area contributed by atoms with Gasteiger partial charge in [-0.1, -0.05) is 16.9 Å². The van der Waals surface area contributed by atoms with Gasteiger partial charge >= 0.3 is 0 Å². The van der Waals surface area contributed by atoms with Gasteiger partial charge in [-0.3, -0.25) is 4.79 Å². The zero-order valence-electron chi connectivity index (χ0n) is 8.69. The Hall–Kier alpha value is -1.23. The summed E-state index contributed by atoms with van der Waals surface area (Å²) in [5, 5.41) is 5.73. The van der Waals surface area contributed by atoms with E-state index in [9.17, 15) is 4.79 Å². The first-order chi connectivity index (χ1) is 7.26. The molecule has 80 valence electrons. The summed E-state index contributed by atoms with van der Waals surface area (Å²) in [5.41, 5.74) is 0.920. The minimum absolute atomic E-state index is 0.0866. The minimum atomic E-state index is 0.0866. The highest BCUT2D eigenvalue weighted by molar-refractivity contribution is 8.14. The molecule has 0 bridgehead atoms. The standard InChI is InChI=1S/C10H12N2O2S/c1-3-12-5-4-8(13)7-6-9(11-14-2)15-10(7)12/h4-5H,3,6H2,1-2H3. The molecule has 0 aromatic carbocycles. The normalized spacial score (nSPS) is 16.8. The fraction of sp³-hybridized carbons (Fsp3) is 0.400. The van der Waals surface area contributed by atoms with Crippen LogP contribution >= 0.6 is 11.8 Å². The molecular formula is C10H12N2O2S. The van der Waals surface area contributed by atoms with Crippen molar-refractivity contribution in [2.75, 3.05) is 7.11 Å². The van der Waals surface area contributed by atoms with Crippen LogP contribution in [0.3, 0.4) is 0 Å². The molecule has 0 spiro atoms. The second-order valence-electron chi connectivity index (χ2n) is 3.20. The number of rotatable bonds is 2. The number of aryl methyl sites for hydroxylation is 1. The van der Waals surface area contributed by atoms with Crippen molar-refractivity contribution in [2.45, 2.75) is 24.9 Å². The van der Waals surface area contributed by atoms with Crippen LogP contribution in [0.25, 0.3) is 0 Å². The smallest absolute Gasteiger partial charge is 0.186 e. The molecule has 0 saturated heterocycles. The van der Waals surface area contributed by atoms with Gasteiger partial charge in [0.15, 0.2) is 5.43 Å². The maximum atomic E-state index is 11.6. The Kier molecular flexibility index (Phi) is 2.81. The molecule has 2 heterocycles. The topological polar surface area (TPSA) is 43.6 Å². The van der Waals surface area contributed by atoms with Gasteiger partial charge in [0.25, 0.3) is 0 Å². The highest BCUT2D eigenvalue weighted by Gasteiger charge is 2.23. The SMILES string of the molecule is CCn1ccc(=O)c2c1SC(=NOC)C2. The molecule has 4 nitrogen and oxygen atoms in total. The van der Waals surface area contributed by atoms with E-state index in [1.807, 2.05) is 6.20 Å². The third kappa shape index (κ3) is 1.79. The Bertz CT molecular complexity index is 465. The molecule has 1 aliphatic heterocycles. The summed E-state index contributed by atoms with van der Waals surface area (Å²) in [6.45, 7) is 2.91. The molecule has 0 atom stereocenters. The number of oxime groups is 1. The molecule has 0 fully saturated rings. The summed E-state index contributed by atoms with van der Waals surface area (Å²) in [6.07, 6.45) is 2.41. The molecule has 0 radical (unpaired) electrons. The Morgan fingerprint density at radius 2 is 2.47 bits per heavy atom. The monoisotopic (exact) mass is 224 g/mol. The Morgan fingerprint density at radius 3 is 3.13 bits per heavy atom. The molecule has 0 amide bonds. The van der Waals surface area contributed by atoms with E-state index in [4.69, 9.17) is 4.84 Å². The number of hydrogen-bond acceptors (Lipinski definition) is 4. The highest BCUT2D eigenvalue weighted by Crippen LogP contribution is 2.31. The van der Waals surface area contributed by atoms with E-state index in [-0.39, 0.29) is 5.43 Å². The number of thioether (sulfide) groups is 1. The molecular weight excluding hydrogens is 212 g/mol. The Balaban J connectivity index is 2.48. The number of hydrogen-bond donors (Lipinski definition) is 0. The maximum absolute atomic E-state index is 11.6. The molecule has 15 heavy (non-hydrogen) atoms. The largest absolute Gasteiger partial charge is 0.398 e. The molecule has 0 unspecified atom stereocenters. The lowest BCUT2D eigenvalue weighted by Crippen LogP contribution is -2.12. The molecule has 0 N–H and O–H groups in total. The fourth-order valence-corrected chi connectivity index (χ4v) is 2.74. The third-order valence-electron chi connectivity index (χ3n) is 2.30. The molecule has 2 rings (SSSR count). The van der Waals surface area contributed by atoms with Gasteiger partial charge < -0.3 is 9.40 Å². The highest BCUT2D eigenvalue weighted by atomic mass is 32.2. The maximum Gasteiger partial charge on any atom is 0.186 e. The second-order valence-corrected chi connectivity index (χ2v) is 4.26. The Morgan fingerprint density at radius 1 is 1.67 bits per heavy atom. The first-order valence-electron chi connectivity index (χ1n) is 4.76. The Labute approximate surface area is 91.9 Å². The first kappa shape index (κ1) is 10.3. The van der Waals surface area contributed by atoms with Gasteiger partial charge in [-0.05, 0) is 6.92 Å². The van der Waals surface area contributed by atoms with Crippen molar-refractivity contribution in [1.29, 1.82) is 0 Å². The van der Waals surface area contributed by atoms with E-state index in [1.54, 1.807) is 6.07 Å². The van der Waals surface area contributed by atoms with E-state index in [0.717, 1.165) is 22.2 Å². The summed E-state index contributed by atoms with van der Waals surface area (Å²) < 4.78 is 2.06. The number of fused-ring (bicyclic) bond motifs is 1. The van der Waals surface area contributed by atoms with Crippen molar-refractivity contribution < 1.29 is 4.84 Å². The lowest BCUT2D eigenvalue weighted by atomic mass is 10.2. The quantitative estimate of drug-likeness (QED) is 0.715. The van der Waals surface area contributed by atoms with Crippen LogP contribution in [0.5, 0.6) is 0 Å². The van der Waals surface area contributed by atoms with Gasteiger partial charge in [-0.15, -0.1) is 0 Å². The van der Waals surface area contributed by atoms with Gasteiger partial charge in [0.05, 0.1) is 5.03 Å². The first-order valence-corrected chi connectivity index (χ1v) is 5.58. The second kappa shape index (κ2) is 4.10. The van der Waals surface area contributed by atoms with Crippen molar-refractivity contribution in [3.05, 3.63) is 28.0 Å². The van der Waals surface area contributed by atoms with Crippen molar-refractivity contribution in [3.8, 4) is 0 Å². The molecule has 1 aliphatic rings. The van der Waals surface area contributed by atoms with E-state index in [0.29, 0.717) is 6.42 Å². The van der Waals surface area contributed by atoms with Crippen LogP contribution in [0.2, 0.25) is 0 Å². The fourth-order valence-electron chi connectivity index (χ4n) is 1.59. The van der Waals surface area contributed by atoms with Crippen LogP contribution in [0.4, 0.5) is 0 Å². The van der Waals surface area contributed by atoms with Crippen LogP contribution in [-0.4, -0.2) is 16.7 Å². The number of nitrogens with zero attached hydrogens (tertiary/aromatic N) is 2. The van der Waals surface area contributed by atoms with Gasteiger partial charge in [0.2, 0.25) is 0 Å². The van der Waals surface area contributed by atoms with Gasteiger partial charge in [0.1, 0.15) is 12.2 Å². The molecule has 0 aliphatic carbocycles. The van der Waals surface area contributed by atoms with Gasteiger partial charge in [-0.2, -0.15) is 0 Å². The zero-order valence-corrected chi connectivity index (χ0v) is 9.50. The van der Waals surface area contributed by atoms with Crippen molar-refractivity contribution in [3.63, 3.8) is 0 Å². The van der Waals surface area contributed by atoms with E-state index in [1.165, 1.54) is 18.9 Å². The zero-order chi connectivity index (χ0) is 10.8. The number of pyridine rings is 1. The number of aromatic nitrogens is 1. The van der Waals surface area contributed by atoms with Crippen LogP contribution in [0.15, 0.2) is 27.2 Å². The lowest BCUT2D eigenvalue weighted by molar-refractivity contribution is 0.214. The van der Waals surface area contributed by atoms with Crippen LogP contribution in [0, 0.1) is 0 Å². The summed E-state index contributed by atoms with van der Waals surface area (Å²) in [4.78, 5) is 16.3. The van der Waals surface area contributed by atoms with Crippen LogP contribution in [-0.2, 0) is 17.8 Å². The van der Waals surface area contributed by atoms with E-state index >= 15 is 0 Å². The van der Waals surface area contributed by atoms with E-state index in [2.05, 4.69) is 16.6 Å². The summed E-state index contributed by atoms with van der Waals surface area (Å²) in [5.74, 6) is 0. The van der Waals surface area contributed by atoms with Gasteiger partial charge in [0, 0.05) is 30.8 Å². The van der Waals surface area contributed by atoms with Crippen molar-refractivity contribution >= 4 is 16.8 Å². The molecule has 0 saturated carbocycles. The lowest BCUT2D eigenvalue weighted by Gasteiger charge is -2.07. The van der Waals surface area contributed by atoms with Crippen LogP contribution < -0.4 is 5.43 Å².